The molecule has 0 bridgehead atoms. The van der Waals surface area contributed by atoms with Gasteiger partial charge in [0.2, 0.25) is 0 Å². The molecule has 4 rings (SSSR count). The van der Waals surface area contributed by atoms with Gasteiger partial charge in [-0.15, -0.1) is 35.0 Å². The van der Waals surface area contributed by atoms with Crippen LogP contribution in [0.2, 0.25) is 5.02 Å². The second-order valence-electron chi connectivity index (χ2n) is 7.21. The lowest BCUT2D eigenvalue weighted by molar-refractivity contribution is 0.126. The van der Waals surface area contributed by atoms with Crippen molar-refractivity contribution in [2.24, 2.45) is 0 Å². The Morgan fingerprint density at radius 2 is 1.60 bits per heavy atom. The number of rotatable bonds is 7. The number of aromatic amines is 1. The summed E-state index contributed by atoms with van der Waals surface area (Å²) in [6.45, 7) is 6.47. The fourth-order valence-electron chi connectivity index (χ4n) is 3.73. The fourth-order valence-corrected chi connectivity index (χ4v) is 3.86. The molecule has 2 heterocycles. The van der Waals surface area contributed by atoms with Crippen LogP contribution in [0.15, 0.2) is 48.5 Å². The highest BCUT2D eigenvalue weighted by molar-refractivity contribution is 6.30. The number of nitrogens with zero attached hydrogens (tertiary/aromatic N) is 5. The molecule has 162 valence electrons. The Morgan fingerprint density at radius 1 is 0.900 bits per heavy atom. The van der Waals surface area contributed by atoms with Gasteiger partial charge in [0, 0.05) is 44.2 Å². The minimum atomic E-state index is 0. The first-order chi connectivity index (χ1) is 13.8. The van der Waals surface area contributed by atoms with Crippen LogP contribution in [-0.2, 0) is 13.0 Å². The van der Waals surface area contributed by atoms with Gasteiger partial charge in [0.05, 0.1) is 0 Å². The molecule has 0 saturated carbocycles. The van der Waals surface area contributed by atoms with Gasteiger partial charge in [0.1, 0.15) is 0 Å². The molecule has 0 amide bonds. The standard InChI is InChI=1S/C21H25ClN6.2ClH/c22-19-9-7-17(8-10-19)20-5-2-1-4-18(20)16-28-14-12-27(13-15-28)11-3-6-21-23-25-26-24-21;;/h1-2,4-5,7-10H,3,6,11-16H2,(H,23,24,25,26);2*1H. The van der Waals surface area contributed by atoms with Crippen LogP contribution in [-0.4, -0.2) is 63.1 Å². The van der Waals surface area contributed by atoms with Crippen LogP contribution in [0.3, 0.4) is 0 Å². The number of hydrogen-bond acceptors (Lipinski definition) is 5. The molecule has 0 spiro atoms. The number of hydrogen-bond donors (Lipinski definition) is 1. The van der Waals surface area contributed by atoms with E-state index in [1.165, 1.54) is 16.7 Å². The summed E-state index contributed by atoms with van der Waals surface area (Å²) < 4.78 is 0. The van der Waals surface area contributed by atoms with E-state index in [-0.39, 0.29) is 24.8 Å². The topological polar surface area (TPSA) is 60.9 Å². The smallest absolute Gasteiger partial charge is 0.174 e. The second kappa shape index (κ2) is 12.2. The molecule has 2 aromatic carbocycles. The van der Waals surface area contributed by atoms with Gasteiger partial charge in [-0.1, -0.05) is 53.2 Å². The molecule has 3 aromatic rings. The maximum absolute atomic E-state index is 6.05. The zero-order valence-corrected chi connectivity index (χ0v) is 19.1. The Labute approximate surface area is 194 Å². The lowest BCUT2D eigenvalue weighted by atomic mass is 9.99. The number of H-pyrrole nitrogens is 1. The van der Waals surface area contributed by atoms with E-state index in [4.69, 9.17) is 11.6 Å². The summed E-state index contributed by atoms with van der Waals surface area (Å²) in [7, 11) is 0. The van der Waals surface area contributed by atoms with Crippen molar-refractivity contribution in [1.29, 1.82) is 0 Å². The molecule has 0 aliphatic carbocycles. The van der Waals surface area contributed by atoms with Gasteiger partial charge in [-0.3, -0.25) is 4.90 Å². The highest BCUT2D eigenvalue weighted by atomic mass is 35.5. The zero-order valence-electron chi connectivity index (χ0n) is 16.7. The van der Waals surface area contributed by atoms with Crippen molar-refractivity contribution in [3.05, 3.63) is 64.9 Å². The van der Waals surface area contributed by atoms with Crippen molar-refractivity contribution in [2.75, 3.05) is 32.7 Å². The van der Waals surface area contributed by atoms with Crippen molar-refractivity contribution in [2.45, 2.75) is 19.4 Å². The normalized spacial score (nSPS) is 14.7. The Kier molecular flexibility index (Phi) is 10.0. The number of benzene rings is 2. The lowest BCUT2D eigenvalue weighted by Crippen LogP contribution is -2.46. The SMILES string of the molecule is Cl.Cl.Clc1ccc(-c2ccccc2CN2CCN(CCCc3nn[nH]n3)CC2)cc1. The summed E-state index contributed by atoms with van der Waals surface area (Å²) in [6.07, 6.45) is 1.95. The first-order valence-electron chi connectivity index (χ1n) is 9.79. The summed E-state index contributed by atoms with van der Waals surface area (Å²) in [5.74, 6) is 0.803. The van der Waals surface area contributed by atoms with Crippen molar-refractivity contribution >= 4 is 36.4 Å². The molecule has 30 heavy (non-hydrogen) atoms. The number of aromatic nitrogens is 4. The van der Waals surface area contributed by atoms with Gasteiger partial charge < -0.3 is 4.90 Å². The van der Waals surface area contributed by atoms with Crippen molar-refractivity contribution in [3.63, 3.8) is 0 Å². The molecule has 0 unspecified atom stereocenters. The molecule has 1 N–H and O–H groups in total. The summed E-state index contributed by atoms with van der Waals surface area (Å²) in [5.41, 5.74) is 3.89. The summed E-state index contributed by atoms with van der Waals surface area (Å²) in [5, 5.41) is 14.9. The first-order valence-corrected chi connectivity index (χ1v) is 10.2. The maximum atomic E-state index is 6.05. The van der Waals surface area contributed by atoms with Crippen molar-refractivity contribution in [3.8, 4) is 11.1 Å². The van der Waals surface area contributed by atoms with E-state index in [0.29, 0.717) is 0 Å². The summed E-state index contributed by atoms with van der Waals surface area (Å²) in [4.78, 5) is 5.08. The van der Waals surface area contributed by atoms with Crippen LogP contribution in [0.5, 0.6) is 0 Å². The fraction of sp³-hybridized carbons (Fsp3) is 0.381. The summed E-state index contributed by atoms with van der Waals surface area (Å²) in [6, 6.07) is 16.8. The number of aryl methyl sites for hydroxylation is 1. The monoisotopic (exact) mass is 468 g/mol. The largest absolute Gasteiger partial charge is 0.301 e. The molecule has 1 saturated heterocycles. The van der Waals surface area contributed by atoms with Crippen LogP contribution in [0.1, 0.15) is 17.8 Å². The highest BCUT2D eigenvalue weighted by Crippen LogP contribution is 2.26. The molecule has 1 aromatic heterocycles. The number of piperazine rings is 1. The molecule has 1 aliphatic heterocycles. The first kappa shape index (κ1) is 24.6. The Hall–Kier alpha value is -1.70. The van der Waals surface area contributed by atoms with Crippen LogP contribution in [0.25, 0.3) is 11.1 Å². The van der Waals surface area contributed by atoms with Crippen molar-refractivity contribution < 1.29 is 0 Å². The Balaban J connectivity index is 0.00000160. The molecule has 0 radical (unpaired) electrons. The molecule has 1 fully saturated rings. The van der Waals surface area contributed by atoms with Gasteiger partial charge >= 0.3 is 0 Å². The second-order valence-corrected chi connectivity index (χ2v) is 7.65. The number of halogens is 3. The number of tetrazole rings is 1. The third-order valence-corrected chi connectivity index (χ3v) is 5.55. The van der Waals surface area contributed by atoms with Crippen LogP contribution in [0.4, 0.5) is 0 Å². The van der Waals surface area contributed by atoms with Gasteiger partial charge in [0.25, 0.3) is 0 Å². The predicted octanol–water partition coefficient (Wildman–Crippen LogP) is 4.11. The van der Waals surface area contributed by atoms with E-state index in [2.05, 4.69) is 66.8 Å². The van der Waals surface area contributed by atoms with Gasteiger partial charge in [0.15, 0.2) is 5.82 Å². The van der Waals surface area contributed by atoms with E-state index in [0.717, 1.165) is 63.0 Å². The average molecular weight is 470 g/mol. The third-order valence-electron chi connectivity index (χ3n) is 5.30. The van der Waals surface area contributed by atoms with Crippen LogP contribution < -0.4 is 0 Å². The Morgan fingerprint density at radius 3 is 2.30 bits per heavy atom. The zero-order chi connectivity index (χ0) is 19.2. The maximum Gasteiger partial charge on any atom is 0.174 e. The van der Waals surface area contributed by atoms with E-state index >= 15 is 0 Å². The van der Waals surface area contributed by atoms with E-state index < -0.39 is 0 Å². The van der Waals surface area contributed by atoms with Gasteiger partial charge in [-0.05, 0) is 41.8 Å². The quantitative estimate of drug-likeness (QED) is 0.564. The lowest BCUT2D eigenvalue weighted by Gasteiger charge is -2.35. The van der Waals surface area contributed by atoms with E-state index in [1.54, 1.807) is 0 Å². The van der Waals surface area contributed by atoms with Crippen molar-refractivity contribution in [1.82, 2.24) is 30.4 Å². The third kappa shape index (κ3) is 6.65. The van der Waals surface area contributed by atoms with E-state index in [1.807, 2.05) is 12.1 Å². The van der Waals surface area contributed by atoms with Gasteiger partial charge in [-0.2, -0.15) is 5.21 Å². The van der Waals surface area contributed by atoms with Crippen LogP contribution >= 0.6 is 36.4 Å². The minimum Gasteiger partial charge on any atom is -0.301 e. The predicted molar refractivity (Wildman–Crippen MR) is 126 cm³/mol. The summed E-state index contributed by atoms with van der Waals surface area (Å²) >= 11 is 6.05. The molecule has 1 aliphatic rings. The molecular formula is C21H27Cl3N6. The molecule has 0 atom stereocenters. The van der Waals surface area contributed by atoms with E-state index in [9.17, 15) is 0 Å². The highest BCUT2D eigenvalue weighted by Gasteiger charge is 2.18. The number of nitrogens with one attached hydrogen (secondary N) is 1. The molecule has 9 heteroatoms. The minimum absolute atomic E-state index is 0. The molecule has 6 nitrogen and oxygen atoms in total. The van der Waals surface area contributed by atoms with Gasteiger partial charge in [-0.25, -0.2) is 0 Å². The Bertz CT molecular complexity index is 865. The van der Waals surface area contributed by atoms with Crippen LogP contribution in [0, 0.1) is 0 Å². The molecular weight excluding hydrogens is 443 g/mol. The average Bonchev–Trinajstić information content (AvgIpc) is 3.24.